The van der Waals surface area contributed by atoms with Crippen LogP contribution in [-0.2, 0) is 16.1 Å². The molecule has 1 saturated carbocycles. The second-order valence-corrected chi connectivity index (χ2v) is 4.54. The van der Waals surface area contributed by atoms with E-state index in [0.29, 0.717) is 32.2 Å². The lowest BCUT2D eigenvalue weighted by atomic mass is 9.88. The first-order chi connectivity index (χ1) is 8.15. The zero-order chi connectivity index (χ0) is 12.3. The molecule has 2 rings (SSSR count). The van der Waals surface area contributed by atoms with Crippen LogP contribution in [0.4, 0.5) is 0 Å². The molecule has 1 aromatic heterocycles. The van der Waals surface area contributed by atoms with Gasteiger partial charge in [-0.25, -0.2) is 0 Å². The number of amides is 1. The molecule has 0 aromatic carbocycles. The SMILES string of the molecule is Cc1ccc(CNC(=O)C2CCC(=O)CC2)o1. The van der Waals surface area contributed by atoms with Gasteiger partial charge in [-0.05, 0) is 31.9 Å². The lowest BCUT2D eigenvalue weighted by molar-refractivity contribution is -0.128. The summed E-state index contributed by atoms with van der Waals surface area (Å²) in [5.41, 5.74) is 0. The van der Waals surface area contributed by atoms with Crippen LogP contribution in [0.5, 0.6) is 0 Å². The first-order valence-corrected chi connectivity index (χ1v) is 6.00. The highest BCUT2D eigenvalue weighted by Crippen LogP contribution is 2.21. The molecule has 1 heterocycles. The summed E-state index contributed by atoms with van der Waals surface area (Å²) in [4.78, 5) is 22.9. The Bertz CT molecular complexity index is 412. The fourth-order valence-electron chi connectivity index (χ4n) is 2.10. The predicted molar refractivity (Wildman–Crippen MR) is 62.3 cm³/mol. The molecule has 0 radical (unpaired) electrons. The Labute approximate surface area is 100 Å². The second kappa shape index (κ2) is 5.17. The molecule has 92 valence electrons. The van der Waals surface area contributed by atoms with Crippen molar-refractivity contribution in [3.8, 4) is 0 Å². The van der Waals surface area contributed by atoms with E-state index < -0.39 is 0 Å². The molecule has 1 N–H and O–H groups in total. The maximum atomic E-state index is 11.8. The van der Waals surface area contributed by atoms with Crippen LogP contribution in [0.1, 0.15) is 37.2 Å². The minimum atomic E-state index is -0.0104. The normalized spacial score (nSPS) is 17.1. The average Bonchev–Trinajstić information content (AvgIpc) is 2.73. The smallest absolute Gasteiger partial charge is 0.223 e. The Morgan fingerprint density at radius 2 is 2.12 bits per heavy atom. The number of ketones is 1. The third-order valence-electron chi connectivity index (χ3n) is 3.15. The van der Waals surface area contributed by atoms with Gasteiger partial charge < -0.3 is 9.73 Å². The zero-order valence-electron chi connectivity index (χ0n) is 9.99. The molecule has 1 aliphatic rings. The van der Waals surface area contributed by atoms with Crippen molar-refractivity contribution >= 4 is 11.7 Å². The number of carbonyl (C=O) groups excluding carboxylic acids is 2. The minimum Gasteiger partial charge on any atom is -0.465 e. The van der Waals surface area contributed by atoms with E-state index in [4.69, 9.17) is 4.42 Å². The van der Waals surface area contributed by atoms with Crippen LogP contribution >= 0.6 is 0 Å². The molecule has 0 spiro atoms. The number of carbonyl (C=O) groups is 2. The summed E-state index contributed by atoms with van der Waals surface area (Å²) in [6, 6.07) is 3.74. The summed E-state index contributed by atoms with van der Waals surface area (Å²) in [6.45, 7) is 2.30. The van der Waals surface area contributed by atoms with Crippen molar-refractivity contribution in [2.75, 3.05) is 0 Å². The van der Waals surface area contributed by atoms with Crippen molar-refractivity contribution in [2.45, 2.75) is 39.2 Å². The van der Waals surface area contributed by atoms with Gasteiger partial charge in [-0.3, -0.25) is 9.59 Å². The number of hydrogen-bond acceptors (Lipinski definition) is 3. The Kier molecular flexibility index (Phi) is 3.61. The Morgan fingerprint density at radius 3 is 2.71 bits per heavy atom. The van der Waals surface area contributed by atoms with E-state index in [1.807, 2.05) is 19.1 Å². The van der Waals surface area contributed by atoms with Crippen molar-refractivity contribution in [1.82, 2.24) is 5.32 Å². The van der Waals surface area contributed by atoms with Gasteiger partial charge in [-0.15, -0.1) is 0 Å². The predicted octanol–water partition coefficient (Wildman–Crippen LogP) is 1.96. The van der Waals surface area contributed by atoms with Crippen LogP contribution in [0.25, 0.3) is 0 Å². The van der Waals surface area contributed by atoms with E-state index in [9.17, 15) is 9.59 Å². The zero-order valence-corrected chi connectivity index (χ0v) is 9.99. The molecule has 0 atom stereocenters. The second-order valence-electron chi connectivity index (χ2n) is 4.54. The lowest BCUT2D eigenvalue weighted by Crippen LogP contribution is -2.32. The van der Waals surface area contributed by atoms with Crippen LogP contribution in [0.15, 0.2) is 16.5 Å². The van der Waals surface area contributed by atoms with Gasteiger partial charge in [-0.1, -0.05) is 0 Å². The minimum absolute atomic E-state index is 0.0104. The first kappa shape index (κ1) is 11.9. The van der Waals surface area contributed by atoms with E-state index in [-0.39, 0.29) is 17.6 Å². The molecule has 4 nitrogen and oxygen atoms in total. The highest BCUT2D eigenvalue weighted by atomic mass is 16.3. The van der Waals surface area contributed by atoms with Gasteiger partial charge in [0.15, 0.2) is 0 Å². The average molecular weight is 235 g/mol. The summed E-state index contributed by atoms with van der Waals surface area (Å²) in [5.74, 6) is 1.91. The van der Waals surface area contributed by atoms with Crippen molar-refractivity contribution in [1.29, 1.82) is 0 Å². The Hall–Kier alpha value is -1.58. The van der Waals surface area contributed by atoms with Gasteiger partial charge in [0.2, 0.25) is 5.91 Å². The summed E-state index contributed by atoms with van der Waals surface area (Å²) >= 11 is 0. The fourth-order valence-corrected chi connectivity index (χ4v) is 2.10. The van der Waals surface area contributed by atoms with Gasteiger partial charge in [0, 0.05) is 18.8 Å². The van der Waals surface area contributed by atoms with E-state index in [2.05, 4.69) is 5.32 Å². The molecule has 1 fully saturated rings. The van der Waals surface area contributed by atoms with Crippen LogP contribution in [0, 0.1) is 12.8 Å². The first-order valence-electron chi connectivity index (χ1n) is 6.00. The number of aryl methyl sites for hydroxylation is 1. The maximum absolute atomic E-state index is 11.8. The van der Waals surface area contributed by atoms with Crippen molar-refractivity contribution in [3.63, 3.8) is 0 Å². The van der Waals surface area contributed by atoms with E-state index in [1.165, 1.54) is 0 Å². The highest BCUT2D eigenvalue weighted by molar-refractivity contribution is 5.84. The molecule has 4 heteroatoms. The van der Waals surface area contributed by atoms with Crippen molar-refractivity contribution in [2.24, 2.45) is 5.92 Å². The van der Waals surface area contributed by atoms with Crippen molar-refractivity contribution < 1.29 is 14.0 Å². The van der Waals surface area contributed by atoms with Crippen LogP contribution < -0.4 is 5.32 Å². The van der Waals surface area contributed by atoms with Crippen LogP contribution in [-0.4, -0.2) is 11.7 Å². The number of furan rings is 1. The monoisotopic (exact) mass is 235 g/mol. The fraction of sp³-hybridized carbons (Fsp3) is 0.538. The molecular formula is C13H17NO3. The molecule has 0 unspecified atom stereocenters. The molecule has 0 bridgehead atoms. The van der Waals surface area contributed by atoms with E-state index in [1.54, 1.807) is 0 Å². The maximum Gasteiger partial charge on any atom is 0.223 e. The molecule has 0 saturated heterocycles. The highest BCUT2D eigenvalue weighted by Gasteiger charge is 2.24. The lowest BCUT2D eigenvalue weighted by Gasteiger charge is -2.19. The largest absolute Gasteiger partial charge is 0.465 e. The topological polar surface area (TPSA) is 59.3 Å². The molecule has 17 heavy (non-hydrogen) atoms. The standard InChI is InChI=1S/C13H17NO3/c1-9-2-7-12(17-9)8-14-13(16)10-3-5-11(15)6-4-10/h2,7,10H,3-6,8H2,1H3,(H,14,16). The number of Topliss-reactive ketones (excluding diaryl/α,β-unsaturated/α-hetero) is 1. The summed E-state index contributed by atoms with van der Waals surface area (Å²) in [7, 11) is 0. The Morgan fingerprint density at radius 1 is 1.41 bits per heavy atom. The van der Waals surface area contributed by atoms with Gasteiger partial charge in [-0.2, -0.15) is 0 Å². The third kappa shape index (κ3) is 3.19. The number of hydrogen-bond donors (Lipinski definition) is 1. The molecule has 1 aromatic rings. The summed E-state index contributed by atoms with van der Waals surface area (Å²) in [5, 5.41) is 2.85. The van der Waals surface area contributed by atoms with Crippen LogP contribution in [0.3, 0.4) is 0 Å². The molecule has 0 aliphatic heterocycles. The van der Waals surface area contributed by atoms with Gasteiger partial charge in [0.1, 0.15) is 17.3 Å². The van der Waals surface area contributed by atoms with Gasteiger partial charge in [0.25, 0.3) is 0 Å². The number of nitrogens with one attached hydrogen (secondary N) is 1. The summed E-state index contributed by atoms with van der Waals surface area (Å²) in [6.07, 6.45) is 2.44. The summed E-state index contributed by atoms with van der Waals surface area (Å²) < 4.78 is 5.37. The van der Waals surface area contributed by atoms with Crippen LogP contribution in [0.2, 0.25) is 0 Å². The van der Waals surface area contributed by atoms with E-state index >= 15 is 0 Å². The third-order valence-corrected chi connectivity index (χ3v) is 3.15. The Balaban J connectivity index is 1.79. The number of rotatable bonds is 3. The van der Waals surface area contributed by atoms with Crippen molar-refractivity contribution in [3.05, 3.63) is 23.7 Å². The quantitative estimate of drug-likeness (QED) is 0.871. The molecular weight excluding hydrogens is 218 g/mol. The van der Waals surface area contributed by atoms with Gasteiger partial charge in [0.05, 0.1) is 6.54 Å². The molecule has 1 aliphatic carbocycles. The van der Waals surface area contributed by atoms with Gasteiger partial charge >= 0.3 is 0 Å². The molecule has 1 amide bonds. The van der Waals surface area contributed by atoms with E-state index in [0.717, 1.165) is 11.5 Å².